The molecular weight excluding hydrogens is 286 g/mol. The normalized spacial score (nSPS) is 10.5. The molecule has 0 saturated carbocycles. The van der Waals surface area contributed by atoms with Gasteiger partial charge in [0.05, 0.1) is 5.75 Å². The molecule has 2 aromatic rings. The van der Waals surface area contributed by atoms with Crippen molar-refractivity contribution >= 4 is 35.0 Å². The zero-order valence-electron chi connectivity index (χ0n) is 10.4. The third-order valence-corrected chi connectivity index (χ3v) is 3.63. The summed E-state index contributed by atoms with van der Waals surface area (Å²) in [7, 11) is 1.72. The summed E-state index contributed by atoms with van der Waals surface area (Å²) < 4.78 is 1.52. The highest BCUT2D eigenvalue weighted by Crippen LogP contribution is 2.21. The van der Waals surface area contributed by atoms with Gasteiger partial charge in [-0.1, -0.05) is 29.4 Å². The number of thioether (sulfide) groups is 1. The van der Waals surface area contributed by atoms with Crippen LogP contribution in [0.3, 0.4) is 0 Å². The predicted molar refractivity (Wildman–Crippen MR) is 74.3 cm³/mol. The van der Waals surface area contributed by atoms with E-state index in [1.54, 1.807) is 19.2 Å². The first-order valence-electron chi connectivity index (χ1n) is 5.47. The first-order chi connectivity index (χ1) is 9.06. The Labute approximate surface area is 119 Å². The number of hydrogen-bond donors (Lipinski definition) is 1. The second-order valence-corrected chi connectivity index (χ2v) is 5.26. The van der Waals surface area contributed by atoms with E-state index in [2.05, 4.69) is 20.8 Å². The molecule has 0 aliphatic carbocycles. The number of aryl methyl sites for hydroxylation is 2. The molecule has 0 fully saturated rings. The summed E-state index contributed by atoms with van der Waals surface area (Å²) >= 11 is 7.17. The highest BCUT2D eigenvalue weighted by Gasteiger charge is 2.09. The number of amides is 1. The maximum Gasteiger partial charge on any atom is 0.234 e. The molecule has 19 heavy (non-hydrogen) atoms. The van der Waals surface area contributed by atoms with Crippen LogP contribution in [0.25, 0.3) is 0 Å². The van der Waals surface area contributed by atoms with E-state index in [1.165, 1.54) is 16.4 Å². The zero-order chi connectivity index (χ0) is 13.8. The van der Waals surface area contributed by atoms with E-state index in [0.717, 1.165) is 5.56 Å². The van der Waals surface area contributed by atoms with Gasteiger partial charge in [0.15, 0.2) is 0 Å². The second-order valence-electron chi connectivity index (χ2n) is 3.88. The monoisotopic (exact) mass is 297 g/mol. The molecule has 0 radical (unpaired) electrons. The van der Waals surface area contributed by atoms with Gasteiger partial charge in [-0.25, -0.2) is 4.68 Å². The number of carbonyl (C=O) groups excluding carboxylic acids is 1. The fourth-order valence-corrected chi connectivity index (χ4v) is 2.21. The van der Waals surface area contributed by atoms with Gasteiger partial charge in [0.25, 0.3) is 0 Å². The van der Waals surface area contributed by atoms with Gasteiger partial charge in [-0.15, -0.1) is 5.10 Å². The number of nitrogens with zero attached hydrogens (tertiary/aromatic N) is 4. The molecule has 0 spiro atoms. The third kappa shape index (κ3) is 3.68. The number of rotatable bonds is 4. The molecular formula is C11H12ClN5OS. The van der Waals surface area contributed by atoms with E-state index in [0.29, 0.717) is 15.9 Å². The lowest BCUT2D eigenvalue weighted by atomic mass is 10.2. The van der Waals surface area contributed by atoms with Crippen LogP contribution in [0.5, 0.6) is 0 Å². The summed E-state index contributed by atoms with van der Waals surface area (Å²) in [6.07, 6.45) is 0. The molecule has 6 nitrogen and oxygen atoms in total. The molecule has 0 bridgehead atoms. The van der Waals surface area contributed by atoms with Crippen LogP contribution in [-0.4, -0.2) is 31.9 Å². The lowest BCUT2D eigenvalue weighted by Gasteiger charge is -2.08. The van der Waals surface area contributed by atoms with Crippen molar-refractivity contribution in [3.63, 3.8) is 0 Å². The minimum absolute atomic E-state index is 0.127. The van der Waals surface area contributed by atoms with Crippen molar-refractivity contribution in [3.05, 3.63) is 28.8 Å². The Morgan fingerprint density at radius 1 is 1.53 bits per heavy atom. The summed E-state index contributed by atoms with van der Waals surface area (Å²) in [6.45, 7) is 1.91. The Kier molecular flexibility index (Phi) is 4.39. The number of anilines is 1. The number of hydrogen-bond acceptors (Lipinski definition) is 5. The van der Waals surface area contributed by atoms with Gasteiger partial charge >= 0.3 is 0 Å². The van der Waals surface area contributed by atoms with Crippen LogP contribution in [0.2, 0.25) is 5.02 Å². The Morgan fingerprint density at radius 3 is 3.00 bits per heavy atom. The summed E-state index contributed by atoms with van der Waals surface area (Å²) in [4.78, 5) is 11.8. The van der Waals surface area contributed by atoms with Crippen molar-refractivity contribution < 1.29 is 4.79 Å². The first kappa shape index (κ1) is 13.8. The molecule has 8 heteroatoms. The van der Waals surface area contributed by atoms with Crippen molar-refractivity contribution in [2.45, 2.75) is 12.1 Å². The number of nitrogens with one attached hydrogen (secondary N) is 1. The molecule has 0 saturated heterocycles. The molecule has 0 aliphatic rings. The van der Waals surface area contributed by atoms with Crippen molar-refractivity contribution in [1.29, 1.82) is 0 Å². The average molecular weight is 298 g/mol. The van der Waals surface area contributed by atoms with E-state index in [9.17, 15) is 4.79 Å². The van der Waals surface area contributed by atoms with Crippen LogP contribution in [-0.2, 0) is 11.8 Å². The Balaban J connectivity index is 1.94. The van der Waals surface area contributed by atoms with E-state index >= 15 is 0 Å². The van der Waals surface area contributed by atoms with Gasteiger partial charge in [-0.3, -0.25) is 4.79 Å². The molecule has 0 unspecified atom stereocenters. The van der Waals surface area contributed by atoms with Crippen molar-refractivity contribution in [2.24, 2.45) is 7.05 Å². The van der Waals surface area contributed by atoms with Gasteiger partial charge in [0.1, 0.15) is 0 Å². The number of carbonyl (C=O) groups is 1. The van der Waals surface area contributed by atoms with E-state index in [1.807, 2.05) is 13.0 Å². The average Bonchev–Trinajstić information content (AvgIpc) is 2.77. The zero-order valence-corrected chi connectivity index (χ0v) is 12.0. The number of aromatic nitrogens is 4. The highest BCUT2D eigenvalue weighted by molar-refractivity contribution is 7.99. The Hall–Kier alpha value is -1.60. The van der Waals surface area contributed by atoms with Gasteiger partial charge < -0.3 is 5.32 Å². The third-order valence-electron chi connectivity index (χ3n) is 2.39. The standard InChI is InChI=1S/C11H12ClN5OS/c1-7-3-4-8(12)5-9(7)13-10(18)6-19-11-14-15-16-17(11)2/h3-5H,6H2,1-2H3,(H,13,18). The van der Waals surface area contributed by atoms with Gasteiger partial charge in [-0.2, -0.15) is 0 Å². The van der Waals surface area contributed by atoms with Crippen molar-refractivity contribution in [3.8, 4) is 0 Å². The second kappa shape index (κ2) is 6.03. The van der Waals surface area contributed by atoms with Crippen LogP contribution in [0.15, 0.2) is 23.4 Å². The molecule has 1 amide bonds. The molecule has 2 rings (SSSR count). The largest absolute Gasteiger partial charge is 0.325 e. The van der Waals surface area contributed by atoms with Crippen LogP contribution in [0.4, 0.5) is 5.69 Å². The molecule has 1 heterocycles. The first-order valence-corrected chi connectivity index (χ1v) is 6.84. The summed E-state index contributed by atoms with van der Waals surface area (Å²) in [6, 6.07) is 5.37. The molecule has 1 aromatic carbocycles. The molecule has 1 N–H and O–H groups in total. The molecule has 0 aliphatic heterocycles. The van der Waals surface area contributed by atoms with Gasteiger partial charge in [0.2, 0.25) is 11.1 Å². The number of benzene rings is 1. The quantitative estimate of drug-likeness (QED) is 0.873. The Morgan fingerprint density at radius 2 is 2.32 bits per heavy atom. The highest BCUT2D eigenvalue weighted by atomic mass is 35.5. The van der Waals surface area contributed by atoms with E-state index < -0.39 is 0 Å². The molecule has 1 aromatic heterocycles. The lowest BCUT2D eigenvalue weighted by Crippen LogP contribution is -2.15. The van der Waals surface area contributed by atoms with Gasteiger partial charge in [-0.05, 0) is 35.0 Å². The molecule has 100 valence electrons. The van der Waals surface area contributed by atoms with E-state index in [4.69, 9.17) is 11.6 Å². The Bertz CT molecular complexity index is 601. The predicted octanol–water partition coefficient (Wildman–Crippen LogP) is 1.90. The fourth-order valence-electron chi connectivity index (χ4n) is 1.39. The summed E-state index contributed by atoms with van der Waals surface area (Å²) in [5.41, 5.74) is 1.68. The van der Waals surface area contributed by atoms with E-state index in [-0.39, 0.29) is 11.7 Å². The minimum Gasteiger partial charge on any atom is -0.325 e. The molecule has 0 atom stereocenters. The minimum atomic E-state index is -0.127. The maximum atomic E-state index is 11.8. The van der Waals surface area contributed by atoms with Crippen LogP contribution < -0.4 is 5.32 Å². The number of halogens is 1. The summed E-state index contributed by atoms with van der Waals surface area (Å²) in [5.74, 6) is 0.110. The topological polar surface area (TPSA) is 72.7 Å². The van der Waals surface area contributed by atoms with Crippen molar-refractivity contribution in [2.75, 3.05) is 11.1 Å². The van der Waals surface area contributed by atoms with Crippen molar-refractivity contribution in [1.82, 2.24) is 20.2 Å². The maximum absolute atomic E-state index is 11.8. The smallest absolute Gasteiger partial charge is 0.234 e. The van der Waals surface area contributed by atoms with Gasteiger partial charge in [0, 0.05) is 17.8 Å². The van der Waals surface area contributed by atoms with Crippen LogP contribution in [0.1, 0.15) is 5.56 Å². The summed E-state index contributed by atoms with van der Waals surface area (Å²) in [5, 5.41) is 15.0. The number of tetrazole rings is 1. The SMILES string of the molecule is Cc1ccc(Cl)cc1NC(=O)CSc1nnnn1C. The van der Waals surface area contributed by atoms with Crippen LogP contribution >= 0.6 is 23.4 Å². The lowest BCUT2D eigenvalue weighted by molar-refractivity contribution is -0.113. The van der Waals surface area contributed by atoms with Crippen LogP contribution in [0, 0.1) is 6.92 Å². The fraction of sp³-hybridized carbons (Fsp3) is 0.273.